The van der Waals surface area contributed by atoms with Crippen LogP contribution in [0.2, 0.25) is 0 Å². The number of nitrogens with zero attached hydrogens (tertiary/aromatic N) is 1. The molecule has 0 amide bonds. The van der Waals surface area contributed by atoms with E-state index in [1.165, 1.54) is 58.2 Å². The molecule has 2 heterocycles. The third-order valence-corrected chi connectivity index (χ3v) is 5.62. The number of hydrogen-bond acceptors (Lipinski definition) is 3. The fourth-order valence-corrected chi connectivity index (χ4v) is 4.08. The molecular formula is C17H32N2O. The number of hydrogen-bond donors (Lipinski definition) is 1. The second-order valence-corrected chi connectivity index (χ2v) is 7.69. The summed E-state index contributed by atoms with van der Waals surface area (Å²) in [5.74, 6) is 0.797. The van der Waals surface area contributed by atoms with Gasteiger partial charge in [-0.05, 0) is 56.4 Å². The third-order valence-electron chi connectivity index (χ3n) is 5.62. The lowest BCUT2D eigenvalue weighted by Crippen LogP contribution is -2.49. The Kier molecular flexibility index (Phi) is 4.68. The average molecular weight is 280 g/mol. The van der Waals surface area contributed by atoms with E-state index in [4.69, 9.17) is 4.74 Å². The van der Waals surface area contributed by atoms with Crippen LogP contribution in [0, 0.1) is 11.3 Å². The minimum Gasteiger partial charge on any atom is -0.381 e. The second-order valence-electron chi connectivity index (χ2n) is 7.69. The topological polar surface area (TPSA) is 24.5 Å². The number of rotatable bonds is 6. The van der Waals surface area contributed by atoms with Crippen molar-refractivity contribution in [1.82, 2.24) is 10.2 Å². The summed E-state index contributed by atoms with van der Waals surface area (Å²) < 4.78 is 5.64. The molecule has 116 valence electrons. The van der Waals surface area contributed by atoms with Gasteiger partial charge in [0.15, 0.2) is 0 Å². The highest BCUT2D eigenvalue weighted by atomic mass is 16.5. The van der Waals surface area contributed by atoms with E-state index in [2.05, 4.69) is 24.1 Å². The highest BCUT2D eigenvalue weighted by Crippen LogP contribution is 2.35. The Morgan fingerprint density at radius 1 is 1.20 bits per heavy atom. The van der Waals surface area contributed by atoms with Crippen LogP contribution in [0.1, 0.15) is 52.4 Å². The zero-order chi connectivity index (χ0) is 14.0. The lowest BCUT2D eigenvalue weighted by Gasteiger charge is -2.42. The maximum Gasteiger partial charge on any atom is 0.0472 e. The van der Waals surface area contributed by atoms with Gasteiger partial charge in [0.1, 0.15) is 0 Å². The molecule has 2 saturated heterocycles. The Hall–Kier alpha value is -0.120. The summed E-state index contributed by atoms with van der Waals surface area (Å²) in [5, 5.41) is 3.80. The maximum atomic E-state index is 5.64. The van der Waals surface area contributed by atoms with Gasteiger partial charge in [-0.1, -0.05) is 13.8 Å². The monoisotopic (exact) mass is 280 g/mol. The molecule has 3 heteroatoms. The summed E-state index contributed by atoms with van der Waals surface area (Å²) in [4.78, 5) is 2.80. The van der Waals surface area contributed by atoms with E-state index in [1.54, 1.807) is 0 Å². The molecule has 3 fully saturated rings. The minimum atomic E-state index is 0.471. The van der Waals surface area contributed by atoms with E-state index in [-0.39, 0.29) is 0 Å². The molecule has 1 N–H and O–H groups in total. The van der Waals surface area contributed by atoms with Gasteiger partial charge in [-0.2, -0.15) is 0 Å². The molecule has 3 nitrogen and oxygen atoms in total. The van der Waals surface area contributed by atoms with Gasteiger partial charge in [-0.3, -0.25) is 4.90 Å². The van der Waals surface area contributed by atoms with Gasteiger partial charge in [0, 0.05) is 38.4 Å². The Morgan fingerprint density at radius 3 is 2.60 bits per heavy atom. The number of nitrogens with one attached hydrogen (secondary N) is 1. The first-order chi connectivity index (χ1) is 9.69. The molecule has 1 unspecified atom stereocenters. The first-order valence-corrected chi connectivity index (χ1v) is 8.74. The lowest BCUT2D eigenvalue weighted by molar-refractivity contribution is -0.00945. The average Bonchev–Trinajstić information content (AvgIpc) is 3.16. The maximum absolute atomic E-state index is 5.64. The van der Waals surface area contributed by atoms with Gasteiger partial charge in [0.2, 0.25) is 0 Å². The summed E-state index contributed by atoms with van der Waals surface area (Å²) in [5.41, 5.74) is 0.471. The summed E-state index contributed by atoms with van der Waals surface area (Å²) >= 11 is 0. The Balaban J connectivity index is 1.62. The normalized spacial score (nSPS) is 31.1. The van der Waals surface area contributed by atoms with E-state index < -0.39 is 0 Å². The van der Waals surface area contributed by atoms with Crippen molar-refractivity contribution in [2.24, 2.45) is 11.3 Å². The van der Waals surface area contributed by atoms with Gasteiger partial charge in [0.25, 0.3) is 0 Å². The summed E-state index contributed by atoms with van der Waals surface area (Å²) in [6, 6.07) is 1.64. The van der Waals surface area contributed by atoms with Gasteiger partial charge in [-0.25, -0.2) is 0 Å². The molecule has 0 aromatic heterocycles. The van der Waals surface area contributed by atoms with Crippen molar-refractivity contribution >= 4 is 0 Å². The fraction of sp³-hybridized carbons (Fsp3) is 1.00. The summed E-state index contributed by atoms with van der Waals surface area (Å²) in [6.07, 6.45) is 8.07. The van der Waals surface area contributed by atoms with Crippen LogP contribution >= 0.6 is 0 Å². The molecule has 0 spiro atoms. The van der Waals surface area contributed by atoms with Crippen LogP contribution in [0.25, 0.3) is 0 Å². The first kappa shape index (κ1) is 14.8. The van der Waals surface area contributed by atoms with E-state index in [9.17, 15) is 0 Å². The number of likely N-dealkylation sites (tertiary alicyclic amines) is 1. The molecule has 3 rings (SSSR count). The Labute approximate surface area is 124 Å². The third kappa shape index (κ3) is 3.55. The zero-order valence-corrected chi connectivity index (χ0v) is 13.4. The molecule has 0 aromatic rings. The highest BCUT2D eigenvalue weighted by Gasteiger charge is 2.39. The fourth-order valence-electron chi connectivity index (χ4n) is 4.08. The molecule has 20 heavy (non-hydrogen) atoms. The lowest BCUT2D eigenvalue weighted by atomic mass is 9.79. The van der Waals surface area contributed by atoms with E-state index in [0.29, 0.717) is 5.41 Å². The molecule has 1 atom stereocenters. The van der Waals surface area contributed by atoms with Crippen LogP contribution in [0.15, 0.2) is 0 Å². The van der Waals surface area contributed by atoms with Gasteiger partial charge < -0.3 is 10.1 Å². The van der Waals surface area contributed by atoms with Gasteiger partial charge in [-0.15, -0.1) is 0 Å². The van der Waals surface area contributed by atoms with Crippen molar-refractivity contribution in [1.29, 1.82) is 0 Å². The van der Waals surface area contributed by atoms with E-state index >= 15 is 0 Å². The summed E-state index contributed by atoms with van der Waals surface area (Å²) in [6.45, 7) is 10.5. The number of ether oxygens (including phenoxy) is 1. The predicted molar refractivity (Wildman–Crippen MR) is 82.9 cm³/mol. The van der Waals surface area contributed by atoms with Crippen LogP contribution < -0.4 is 5.32 Å². The van der Waals surface area contributed by atoms with Crippen molar-refractivity contribution in [3.8, 4) is 0 Å². The van der Waals surface area contributed by atoms with E-state index in [0.717, 1.165) is 31.2 Å². The van der Waals surface area contributed by atoms with Crippen LogP contribution in [-0.4, -0.2) is 49.8 Å². The van der Waals surface area contributed by atoms with Crippen molar-refractivity contribution in [3.05, 3.63) is 0 Å². The van der Waals surface area contributed by atoms with Crippen molar-refractivity contribution in [2.75, 3.05) is 32.8 Å². The standard InChI is InChI=1S/C17H32N2O/c1-14(2)16-4-3-9-19(16)13-17(7-10-20-11-8-17)12-18-15-5-6-15/h14-16,18H,3-13H2,1-2H3. The smallest absolute Gasteiger partial charge is 0.0472 e. The second kappa shape index (κ2) is 6.33. The van der Waals surface area contributed by atoms with Gasteiger partial charge >= 0.3 is 0 Å². The quantitative estimate of drug-likeness (QED) is 0.809. The molecule has 1 aliphatic carbocycles. The minimum absolute atomic E-state index is 0.471. The molecule has 0 radical (unpaired) electrons. The van der Waals surface area contributed by atoms with Crippen molar-refractivity contribution < 1.29 is 4.74 Å². The van der Waals surface area contributed by atoms with Crippen LogP contribution in [0.5, 0.6) is 0 Å². The van der Waals surface area contributed by atoms with Crippen LogP contribution in [0.3, 0.4) is 0 Å². The predicted octanol–water partition coefficient (Wildman–Crippen LogP) is 2.66. The van der Waals surface area contributed by atoms with Crippen molar-refractivity contribution in [2.45, 2.75) is 64.5 Å². The molecule has 3 aliphatic rings. The molecule has 0 aromatic carbocycles. The first-order valence-electron chi connectivity index (χ1n) is 8.74. The Bertz CT molecular complexity index is 308. The molecular weight excluding hydrogens is 248 g/mol. The Morgan fingerprint density at radius 2 is 1.95 bits per heavy atom. The molecule has 1 saturated carbocycles. The highest BCUT2D eigenvalue weighted by molar-refractivity contribution is 4.94. The van der Waals surface area contributed by atoms with E-state index in [1.807, 2.05) is 0 Å². The SMILES string of the molecule is CC(C)C1CCCN1CC1(CNC2CC2)CCOCC1. The van der Waals surface area contributed by atoms with Gasteiger partial charge in [0.05, 0.1) is 0 Å². The molecule has 0 bridgehead atoms. The zero-order valence-electron chi connectivity index (χ0n) is 13.4. The van der Waals surface area contributed by atoms with Crippen LogP contribution in [0.4, 0.5) is 0 Å². The van der Waals surface area contributed by atoms with Crippen LogP contribution in [-0.2, 0) is 4.74 Å². The molecule has 2 aliphatic heterocycles. The largest absolute Gasteiger partial charge is 0.381 e. The summed E-state index contributed by atoms with van der Waals surface area (Å²) in [7, 11) is 0. The van der Waals surface area contributed by atoms with Crippen molar-refractivity contribution in [3.63, 3.8) is 0 Å².